The summed E-state index contributed by atoms with van der Waals surface area (Å²) < 4.78 is 23.0. The van der Waals surface area contributed by atoms with Crippen molar-refractivity contribution < 1.29 is 23.8 Å². The van der Waals surface area contributed by atoms with Crippen LogP contribution >= 0.6 is 0 Å². The van der Waals surface area contributed by atoms with Gasteiger partial charge in [0.2, 0.25) is 6.79 Å². The number of aromatic carboxylic acids is 1. The predicted molar refractivity (Wildman–Crippen MR) is 43.9 cm³/mol. The van der Waals surface area contributed by atoms with E-state index in [2.05, 4.69) is 0 Å². The lowest BCUT2D eigenvalue weighted by Gasteiger charge is -2.04. The highest BCUT2D eigenvalue weighted by atomic mass is 19.1. The highest BCUT2D eigenvalue weighted by Gasteiger charge is 2.27. The minimum Gasteiger partial charge on any atom is -0.477 e. The van der Waals surface area contributed by atoms with E-state index in [1.165, 1.54) is 6.07 Å². The van der Waals surface area contributed by atoms with Gasteiger partial charge >= 0.3 is 5.97 Å². The molecule has 1 aliphatic heterocycles. The van der Waals surface area contributed by atoms with Gasteiger partial charge in [0.25, 0.3) is 0 Å². The highest BCUT2D eigenvalue weighted by Crippen LogP contribution is 2.39. The van der Waals surface area contributed by atoms with Crippen LogP contribution in [0.4, 0.5) is 10.1 Å². The first-order chi connectivity index (χ1) is 6.61. The maximum absolute atomic E-state index is 13.3. The van der Waals surface area contributed by atoms with E-state index >= 15 is 0 Å². The molecule has 1 heterocycles. The van der Waals surface area contributed by atoms with Crippen LogP contribution in [0.5, 0.6) is 11.5 Å². The van der Waals surface area contributed by atoms with Gasteiger partial charge in [0.1, 0.15) is 5.56 Å². The first kappa shape index (κ1) is 8.61. The van der Waals surface area contributed by atoms with E-state index < -0.39 is 17.3 Å². The molecule has 3 N–H and O–H groups in total. The van der Waals surface area contributed by atoms with Crippen molar-refractivity contribution in [2.24, 2.45) is 0 Å². The van der Waals surface area contributed by atoms with Crippen LogP contribution in [-0.2, 0) is 0 Å². The number of anilines is 1. The molecule has 14 heavy (non-hydrogen) atoms. The number of nitrogens with two attached hydrogens (primary N) is 1. The summed E-state index contributed by atoms with van der Waals surface area (Å²) in [6.07, 6.45) is 0. The van der Waals surface area contributed by atoms with Gasteiger partial charge in [-0.3, -0.25) is 0 Å². The number of nitrogen functional groups attached to an aromatic ring is 1. The maximum atomic E-state index is 13.3. The Bertz CT molecular complexity index is 418. The number of rotatable bonds is 1. The number of halogens is 1. The van der Waals surface area contributed by atoms with E-state index in [1.54, 1.807) is 0 Å². The zero-order valence-electron chi connectivity index (χ0n) is 6.91. The fraction of sp³-hybridized carbons (Fsp3) is 0.125. The zero-order valence-corrected chi connectivity index (χ0v) is 6.91. The molecular weight excluding hydrogens is 193 g/mol. The molecule has 0 aromatic heterocycles. The number of fused-ring (bicyclic) bond motifs is 1. The Morgan fingerprint density at radius 1 is 1.57 bits per heavy atom. The van der Waals surface area contributed by atoms with E-state index in [9.17, 15) is 9.18 Å². The smallest absolute Gasteiger partial charge is 0.342 e. The molecule has 0 aliphatic carbocycles. The Balaban J connectivity index is 2.72. The van der Waals surface area contributed by atoms with Crippen molar-refractivity contribution in [1.82, 2.24) is 0 Å². The van der Waals surface area contributed by atoms with Gasteiger partial charge in [-0.25, -0.2) is 9.18 Å². The summed E-state index contributed by atoms with van der Waals surface area (Å²) in [4.78, 5) is 10.7. The van der Waals surface area contributed by atoms with Gasteiger partial charge in [-0.2, -0.15) is 0 Å². The van der Waals surface area contributed by atoms with Crippen LogP contribution in [0, 0.1) is 5.82 Å². The molecule has 74 valence electrons. The molecule has 0 atom stereocenters. The van der Waals surface area contributed by atoms with Crippen molar-refractivity contribution in [3.63, 3.8) is 0 Å². The van der Waals surface area contributed by atoms with Crippen molar-refractivity contribution >= 4 is 11.7 Å². The average molecular weight is 199 g/mol. The summed E-state index contributed by atoms with van der Waals surface area (Å²) in [7, 11) is 0. The largest absolute Gasteiger partial charge is 0.477 e. The quantitative estimate of drug-likeness (QED) is 0.655. The molecule has 6 heteroatoms. The first-order valence-corrected chi connectivity index (χ1v) is 3.72. The van der Waals surface area contributed by atoms with Gasteiger partial charge in [-0.15, -0.1) is 0 Å². The summed E-state index contributed by atoms with van der Waals surface area (Å²) in [5, 5.41) is 8.72. The van der Waals surface area contributed by atoms with E-state index in [0.717, 1.165) is 0 Å². The summed E-state index contributed by atoms with van der Waals surface area (Å²) in [5.41, 5.74) is 4.40. The number of ether oxygens (including phenoxy) is 2. The molecule has 1 aliphatic rings. The Kier molecular flexibility index (Phi) is 1.70. The van der Waals surface area contributed by atoms with Crippen molar-refractivity contribution in [2.45, 2.75) is 0 Å². The number of hydrogen-bond acceptors (Lipinski definition) is 4. The first-order valence-electron chi connectivity index (χ1n) is 3.72. The molecule has 1 aromatic carbocycles. The van der Waals surface area contributed by atoms with Crippen LogP contribution < -0.4 is 15.2 Å². The standard InChI is InChI=1S/C8H6FNO4/c9-6-3(10)1-4-7(14-2-13-4)5(6)8(11)12/h1H,2,10H2,(H,11,12). The Labute approximate surface area is 77.8 Å². The summed E-state index contributed by atoms with van der Waals surface area (Å²) in [6.45, 7) is -0.126. The molecule has 0 bridgehead atoms. The molecule has 0 saturated heterocycles. The Hall–Kier alpha value is -1.98. The minimum absolute atomic E-state index is 0.107. The predicted octanol–water partition coefficient (Wildman–Crippen LogP) is 0.835. The topological polar surface area (TPSA) is 81.8 Å². The maximum Gasteiger partial charge on any atom is 0.342 e. The van der Waals surface area contributed by atoms with Crippen molar-refractivity contribution in [3.8, 4) is 11.5 Å². The van der Waals surface area contributed by atoms with Crippen LogP contribution in [0.1, 0.15) is 10.4 Å². The van der Waals surface area contributed by atoms with Gasteiger partial charge in [0, 0.05) is 6.07 Å². The van der Waals surface area contributed by atoms with Crippen molar-refractivity contribution in [1.29, 1.82) is 0 Å². The molecule has 5 nitrogen and oxygen atoms in total. The normalized spacial score (nSPS) is 12.9. The number of carbonyl (C=O) groups is 1. The Morgan fingerprint density at radius 3 is 2.93 bits per heavy atom. The second kappa shape index (κ2) is 2.76. The molecule has 0 amide bonds. The zero-order chi connectivity index (χ0) is 10.3. The second-order valence-electron chi connectivity index (χ2n) is 2.69. The molecule has 2 rings (SSSR count). The summed E-state index contributed by atoms with van der Waals surface area (Å²) in [6, 6.07) is 1.20. The monoisotopic (exact) mass is 199 g/mol. The number of carboxylic acid groups (broad SMARTS) is 1. The van der Waals surface area contributed by atoms with E-state index in [4.69, 9.17) is 20.3 Å². The molecule has 1 aromatic rings. The van der Waals surface area contributed by atoms with E-state index in [1.807, 2.05) is 0 Å². The van der Waals surface area contributed by atoms with Gasteiger partial charge in [-0.1, -0.05) is 0 Å². The van der Waals surface area contributed by atoms with Crippen LogP contribution in [0.15, 0.2) is 6.07 Å². The third-order valence-electron chi connectivity index (χ3n) is 1.84. The lowest BCUT2D eigenvalue weighted by atomic mass is 10.1. The van der Waals surface area contributed by atoms with Gasteiger partial charge < -0.3 is 20.3 Å². The van der Waals surface area contributed by atoms with Crippen LogP contribution in [0.2, 0.25) is 0 Å². The SMILES string of the molecule is Nc1cc2c(c(C(=O)O)c1F)OCO2. The average Bonchev–Trinajstić information content (AvgIpc) is 2.52. The molecule has 0 saturated carbocycles. The number of hydrogen-bond donors (Lipinski definition) is 2. The Morgan fingerprint density at radius 2 is 2.29 bits per heavy atom. The number of carboxylic acids is 1. The van der Waals surface area contributed by atoms with E-state index in [-0.39, 0.29) is 24.0 Å². The fourth-order valence-corrected chi connectivity index (χ4v) is 1.23. The number of benzene rings is 1. The lowest BCUT2D eigenvalue weighted by molar-refractivity contribution is 0.0687. The lowest BCUT2D eigenvalue weighted by Crippen LogP contribution is -2.05. The minimum atomic E-state index is -1.43. The van der Waals surface area contributed by atoms with Crippen molar-refractivity contribution in [3.05, 3.63) is 17.4 Å². The summed E-state index contributed by atoms with van der Waals surface area (Å²) in [5.74, 6) is -2.39. The molecule has 0 radical (unpaired) electrons. The van der Waals surface area contributed by atoms with Crippen molar-refractivity contribution in [2.75, 3.05) is 12.5 Å². The molecule has 0 unspecified atom stereocenters. The fourth-order valence-electron chi connectivity index (χ4n) is 1.23. The van der Waals surface area contributed by atoms with E-state index in [0.29, 0.717) is 0 Å². The van der Waals surface area contributed by atoms with Crippen LogP contribution in [0.3, 0.4) is 0 Å². The van der Waals surface area contributed by atoms with Crippen LogP contribution in [0.25, 0.3) is 0 Å². The van der Waals surface area contributed by atoms with Crippen LogP contribution in [-0.4, -0.2) is 17.9 Å². The third-order valence-corrected chi connectivity index (χ3v) is 1.84. The molecule has 0 spiro atoms. The van der Waals surface area contributed by atoms with Gasteiger partial charge in [-0.05, 0) is 0 Å². The molecular formula is C8H6FNO4. The highest BCUT2D eigenvalue weighted by molar-refractivity contribution is 5.94. The van der Waals surface area contributed by atoms with Gasteiger partial charge in [0.05, 0.1) is 5.69 Å². The molecule has 0 fully saturated rings. The second-order valence-corrected chi connectivity index (χ2v) is 2.69. The third kappa shape index (κ3) is 1.04. The summed E-state index contributed by atoms with van der Waals surface area (Å²) >= 11 is 0. The van der Waals surface area contributed by atoms with Gasteiger partial charge in [0.15, 0.2) is 17.3 Å².